The van der Waals surface area contributed by atoms with Gasteiger partial charge in [-0.3, -0.25) is 4.79 Å². The maximum atomic E-state index is 12.1. The van der Waals surface area contributed by atoms with E-state index in [0.717, 1.165) is 59.5 Å². The summed E-state index contributed by atoms with van der Waals surface area (Å²) in [5.74, 6) is 2.96. The Hall–Kier alpha value is -2.25. The first kappa shape index (κ1) is 35.2. The number of aryl methyl sites for hydroxylation is 1. The molecule has 0 aliphatic carbocycles. The lowest BCUT2D eigenvalue weighted by Crippen LogP contribution is -2.46. The Bertz CT molecular complexity index is 1280. The van der Waals surface area contributed by atoms with E-state index in [-0.39, 0.29) is 28.9 Å². The standard InChI is InChI=1S/C36H58O6Si/c1-21(14-15-29-25(5)32(37)26(6)35(38)41-29)16-22(2)17-23(3)18-24(4)30-19-28-20-31(42-43(12,13)36(8,9)10)34(39-11)27(7)33(28)40-30/h16,19-21,23-26,29,32,37H,14-15,17-18H2,1-13H3/b22-16+/t21-,23+,24-,25-,26+,29+,32-/m0/s1. The molecule has 1 aromatic heterocycles. The number of cyclic esters (lactones) is 1. The third-order valence-electron chi connectivity index (χ3n) is 10.0. The molecule has 2 aromatic rings. The summed E-state index contributed by atoms with van der Waals surface area (Å²) in [5.41, 5.74) is 3.24. The Morgan fingerprint density at radius 2 is 1.81 bits per heavy atom. The third-order valence-corrected chi connectivity index (χ3v) is 14.4. The van der Waals surface area contributed by atoms with Gasteiger partial charge in [0.05, 0.1) is 19.1 Å². The number of hydrogen-bond acceptors (Lipinski definition) is 6. The fourth-order valence-electron chi connectivity index (χ4n) is 6.24. The number of carbonyl (C=O) groups is 1. The Labute approximate surface area is 261 Å². The zero-order valence-electron chi connectivity index (χ0n) is 29.1. The predicted molar refractivity (Wildman–Crippen MR) is 179 cm³/mol. The summed E-state index contributed by atoms with van der Waals surface area (Å²) in [5, 5.41) is 11.5. The number of rotatable bonds is 12. The highest BCUT2D eigenvalue weighted by Crippen LogP contribution is 2.44. The molecule has 0 amide bonds. The molecule has 0 bridgehead atoms. The smallest absolute Gasteiger partial charge is 0.311 e. The Morgan fingerprint density at radius 1 is 1.16 bits per heavy atom. The monoisotopic (exact) mass is 614 g/mol. The number of fused-ring (bicyclic) bond motifs is 1. The molecule has 242 valence electrons. The van der Waals surface area contributed by atoms with Crippen LogP contribution in [0.1, 0.15) is 105 Å². The Balaban J connectivity index is 1.63. The molecule has 1 fully saturated rings. The fraction of sp³-hybridized carbons (Fsp3) is 0.694. The largest absolute Gasteiger partial charge is 0.541 e. The zero-order valence-corrected chi connectivity index (χ0v) is 30.1. The molecule has 0 unspecified atom stereocenters. The minimum absolute atomic E-state index is 0.0362. The lowest BCUT2D eigenvalue weighted by molar-refractivity contribution is -0.178. The zero-order chi connectivity index (χ0) is 32.4. The topological polar surface area (TPSA) is 78.1 Å². The quantitative estimate of drug-likeness (QED) is 0.146. The van der Waals surface area contributed by atoms with E-state index < -0.39 is 20.3 Å². The highest BCUT2D eigenvalue weighted by molar-refractivity contribution is 6.74. The van der Waals surface area contributed by atoms with Crippen LogP contribution in [0.5, 0.6) is 11.5 Å². The second-order valence-electron chi connectivity index (χ2n) is 15.1. The van der Waals surface area contributed by atoms with Gasteiger partial charge in [-0.05, 0) is 88.6 Å². The van der Waals surface area contributed by atoms with Gasteiger partial charge in [-0.25, -0.2) is 0 Å². The number of aliphatic hydroxyl groups excluding tert-OH is 1. The number of allylic oxidation sites excluding steroid dienone is 2. The van der Waals surface area contributed by atoms with E-state index in [1.54, 1.807) is 14.0 Å². The van der Waals surface area contributed by atoms with Crippen LogP contribution in [0.4, 0.5) is 0 Å². The first-order valence-corrected chi connectivity index (χ1v) is 19.1. The molecule has 6 nitrogen and oxygen atoms in total. The van der Waals surface area contributed by atoms with Gasteiger partial charge in [-0.2, -0.15) is 0 Å². The van der Waals surface area contributed by atoms with Gasteiger partial charge in [0, 0.05) is 22.8 Å². The second-order valence-corrected chi connectivity index (χ2v) is 19.8. The van der Waals surface area contributed by atoms with Crippen LogP contribution in [-0.2, 0) is 9.53 Å². The fourth-order valence-corrected chi connectivity index (χ4v) is 7.25. The van der Waals surface area contributed by atoms with Crippen molar-refractivity contribution >= 4 is 25.3 Å². The van der Waals surface area contributed by atoms with Crippen LogP contribution in [0.25, 0.3) is 11.0 Å². The van der Waals surface area contributed by atoms with Crippen molar-refractivity contribution in [1.29, 1.82) is 0 Å². The molecule has 7 heteroatoms. The van der Waals surface area contributed by atoms with Gasteiger partial charge in [0.15, 0.2) is 5.75 Å². The highest BCUT2D eigenvalue weighted by atomic mass is 28.4. The number of esters is 1. The van der Waals surface area contributed by atoms with Crippen molar-refractivity contribution in [3.8, 4) is 11.5 Å². The summed E-state index contributed by atoms with van der Waals surface area (Å²) in [4.78, 5) is 12.1. The van der Waals surface area contributed by atoms with Crippen molar-refractivity contribution in [2.45, 2.75) is 131 Å². The molecular formula is C36H58O6Si. The average Bonchev–Trinajstić information content (AvgIpc) is 3.32. The lowest BCUT2D eigenvalue weighted by atomic mass is 9.83. The van der Waals surface area contributed by atoms with E-state index in [9.17, 15) is 9.90 Å². The summed E-state index contributed by atoms with van der Waals surface area (Å²) >= 11 is 0. The average molecular weight is 615 g/mol. The van der Waals surface area contributed by atoms with Crippen LogP contribution < -0.4 is 9.16 Å². The van der Waals surface area contributed by atoms with Gasteiger partial charge in [-0.15, -0.1) is 0 Å². The van der Waals surface area contributed by atoms with Gasteiger partial charge in [0.1, 0.15) is 23.2 Å². The molecule has 1 aliphatic rings. The third kappa shape index (κ3) is 8.27. The van der Waals surface area contributed by atoms with Crippen LogP contribution in [0.15, 0.2) is 28.2 Å². The summed E-state index contributed by atoms with van der Waals surface area (Å²) in [6.07, 6.45) is 5.26. The van der Waals surface area contributed by atoms with Crippen molar-refractivity contribution in [3.63, 3.8) is 0 Å². The normalized spacial score (nSPS) is 24.0. The van der Waals surface area contributed by atoms with Crippen LogP contribution in [0.2, 0.25) is 18.1 Å². The van der Waals surface area contributed by atoms with E-state index >= 15 is 0 Å². The molecular weight excluding hydrogens is 556 g/mol. The van der Waals surface area contributed by atoms with Crippen molar-refractivity contribution < 1.29 is 28.2 Å². The molecule has 1 saturated heterocycles. The number of hydrogen-bond donors (Lipinski definition) is 1. The molecule has 43 heavy (non-hydrogen) atoms. The van der Waals surface area contributed by atoms with E-state index in [1.807, 2.05) is 6.92 Å². The number of benzene rings is 1. The van der Waals surface area contributed by atoms with Gasteiger partial charge in [0.25, 0.3) is 8.32 Å². The second kappa shape index (κ2) is 13.8. The van der Waals surface area contributed by atoms with E-state index in [4.69, 9.17) is 18.3 Å². The number of carbonyl (C=O) groups excluding carboxylic acids is 1. The van der Waals surface area contributed by atoms with E-state index in [2.05, 4.69) is 86.7 Å². The minimum Gasteiger partial charge on any atom is -0.541 e. The Morgan fingerprint density at radius 3 is 2.42 bits per heavy atom. The lowest BCUT2D eigenvalue weighted by Gasteiger charge is -2.37. The van der Waals surface area contributed by atoms with Crippen molar-refractivity contribution in [2.75, 3.05) is 7.11 Å². The maximum absolute atomic E-state index is 12.1. The first-order valence-electron chi connectivity index (χ1n) is 16.2. The summed E-state index contributed by atoms with van der Waals surface area (Å²) < 4.78 is 24.6. The maximum Gasteiger partial charge on any atom is 0.311 e. The summed E-state index contributed by atoms with van der Waals surface area (Å²) in [6, 6.07) is 4.27. The minimum atomic E-state index is -2.04. The van der Waals surface area contributed by atoms with E-state index in [1.165, 1.54) is 5.57 Å². The summed E-state index contributed by atoms with van der Waals surface area (Å²) in [6.45, 7) is 26.0. The van der Waals surface area contributed by atoms with Gasteiger partial charge < -0.3 is 23.4 Å². The predicted octanol–water partition coefficient (Wildman–Crippen LogP) is 9.57. The van der Waals surface area contributed by atoms with Crippen LogP contribution in [-0.4, -0.2) is 38.7 Å². The number of ether oxygens (including phenoxy) is 2. The highest BCUT2D eigenvalue weighted by Gasteiger charge is 2.41. The molecule has 0 saturated carbocycles. The SMILES string of the molecule is COc1c(O[Si](C)(C)C(C)(C)C)cc2cc([C@@H](C)C[C@H](C)C/C(C)=C/[C@@H](C)CC[C@H]3OC(=O)[C@H](C)[C@@H](O)[C@H]3C)oc2c1C. The number of furan rings is 1. The van der Waals surface area contributed by atoms with Crippen molar-refractivity contribution in [2.24, 2.45) is 23.7 Å². The number of aliphatic hydroxyl groups is 1. The molecule has 0 spiro atoms. The number of methoxy groups -OCH3 is 1. The molecule has 1 aliphatic heterocycles. The molecule has 0 radical (unpaired) electrons. The van der Waals surface area contributed by atoms with Gasteiger partial charge in [-0.1, -0.05) is 60.1 Å². The molecule has 3 rings (SSSR count). The van der Waals surface area contributed by atoms with Crippen molar-refractivity contribution in [1.82, 2.24) is 0 Å². The van der Waals surface area contributed by atoms with E-state index in [0.29, 0.717) is 11.8 Å². The van der Waals surface area contributed by atoms with Gasteiger partial charge >= 0.3 is 5.97 Å². The molecule has 1 aromatic carbocycles. The summed E-state index contributed by atoms with van der Waals surface area (Å²) in [7, 11) is -0.338. The van der Waals surface area contributed by atoms with Gasteiger partial charge in [0.2, 0.25) is 0 Å². The van der Waals surface area contributed by atoms with Crippen LogP contribution in [0.3, 0.4) is 0 Å². The molecule has 2 heterocycles. The van der Waals surface area contributed by atoms with Crippen molar-refractivity contribution in [3.05, 3.63) is 35.1 Å². The molecule has 1 N–H and O–H groups in total. The molecule has 7 atom stereocenters. The van der Waals surface area contributed by atoms with Crippen LogP contribution >= 0.6 is 0 Å². The first-order chi connectivity index (χ1) is 19.9. The van der Waals surface area contributed by atoms with Crippen LogP contribution in [0, 0.1) is 30.6 Å². The Kier molecular flexibility index (Phi) is 11.3.